The molecule has 0 saturated heterocycles. The molecule has 8 nitrogen and oxygen atoms in total. The number of benzene rings is 2. The zero-order valence-corrected chi connectivity index (χ0v) is 24.5. The number of hydrogen-bond donors (Lipinski definition) is 1. The van der Waals surface area contributed by atoms with Crippen LogP contribution in [0.15, 0.2) is 58.6 Å². The molecule has 12 heteroatoms. The largest absolute Gasteiger partial charge is 0.417 e. The van der Waals surface area contributed by atoms with Crippen molar-refractivity contribution in [3.8, 4) is 5.69 Å². The Balaban J connectivity index is 1.60. The molecule has 1 amide bonds. The molecule has 2 atom stereocenters. The van der Waals surface area contributed by atoms with E-state index in [1.807, 2.05) is 37.6 Å². The summed E-state index contributed by atoms with van der Waals surface area (Å²) in [5, 5.41) is 3.21. The molecule has 0 saturated carbocycles. The first-order chi connectivity index (χ1) is 19.3. The minimum Gasteiger partial charge on any atom is -0.349 e. The monoisotopic (exact) mass is 628 g/mol. The molecule has 0 radical (unpaired) electrons. The minimum atomic E-state index is -4.62. The van der Waals surface area contributed by atoms with Crippen molar-refractivity contribution in [1.82, 2.24) is 24.0 Å². The molecule has 0 spiro atoms. The quantitative estimate of drug-likeness (QED) is 0.283. The second-order valence-corrected chi connectivity index (χ2v) is 11.2. The first kappa shape index (κ1) is 28.6. The van der Waals surface area contributed by atoms with Crippen LogP contribution in [-0.4, -0.2) is 42.0 Å². The first-order valence-corrected chi connectivity index (χ1v) is 13.7. The van der Waals surface area contributed by atoms with E-state index in [1.54, 1.807) is 19.3 Å². The van der Waals surface area contributed by atoms with Crippen LogP contribution >= 0.6 is 15.9 Å². The van der Waals surface area contributed by atoms with E-state index in [2.05, 4.69) is 32.8 Å². The highest BCUT2D eigenvalue weighted by Gasteiger charge is 2.36. The number of hydrogen-bond acceptors (Lipinski definition) is 5. The normalized spacial score (nSPS) is 16.0. The van der Waals surface area contributed by atoms with Gasteiger partial charge in [0.15, 0.2) is 0 Å². The van der Waals surface area contributed by atoms with Gasteiger partial charge in [-0.25, -0.2) is 14.5 Å². The zero-order valence-electron chi connectivity index (χ0n) is 22.9. The molecule has 3 heterocycles. The SMILES string of the molecule is C=C[C@H](C)Nc1nc2c(c(=O)n1-c1cc(C)c3c(c1)ncn3C)C[C@@H](C)N(C(=O)c1ccc(Br)c(C(F)(F)F)c1)C2. The highest BCUT2D eigenvalue weighted by molar-refractivity contribution is 9.10. The summed E-state index contributed by atoms with van der Waals surface area (Å²) >= 11 is 2.92. The lowest BCUT2D eigenvalue weighted by atomic mass is 9.98. The number of carbonyl (C=O) groups is 1. The fourth-order valence-electron chi connectivity index (χ4n) is 5.21. The summed E-state index contributed by atoms with van der Waals surface area (Å²) in [5.74, 6) is -0.307. The molecule has 214 valence electrons. The highest BCUT2D eigenvalue weighted by atomic mass is 79.9. The Bertz CT molecular complexity index is 1760. The van der Waals surface area contributed by atoms with Crippen LogP contribution < -0.4 is 10.9 Å². The van der Waals surface area contributed by atoms with Crippen molar-refractivity contribution in [2.24, 2.45) is 7.05 Å². The van der Waals surface area contributed by atoms with Crippen LogP contribution in [0.25, 0.3) is 16.7 Å². The van der Waals surface area contributed by atoms with Crippen molar-refractivity contribution in [1.29, 1.82) is 0 Å². The third kappa shape index (κ3) is 5.16. The average Bonchev–Trinajstić information content (AvgIpc) is 3.29. The van der Waals surface area contributed by atoms with Gasteiger partial charge in [0.1, 0.15) is 0 Å². The molecule has 4 aromatic rings. The number of alkyl halides is 3. The molecule has 1 N–H and O–H groups in total. The summed E-state index contributed by atoms with van der Waals surface area (Å²) in [6, 6.07) is 6.44. The van der Waals surface area contributed by atoms with Crippen LogP contribution in [0.1, 0.15) is 46.6 Å². The van der Waals surface area contributed by atoms with Crippen LogP contribution in [0.4, 0.5) is 19.1 Å². The Kier molecular flexibility index (Phi) is 7.31. The standard InChI is InChI=1S/C29H28BrF3N6O2/c1-6-16(3)35-28-36-24-13-38(26(40)18-7-8-22(30)21(11-18)29(31,32)33)17(4)10-20(24)27(41)39(28)19-9-15(2)25-23(12-19)34-14-37(25)5/h6-9,11-12,14,16-17H,1,10,13H2,2-5H3,(H,35,36)/t16-,17+/m0/s1. The van der Waals surface area contributed by atoms with Gasteiger partial charge in [-0.15, -0.1) is 6.58 Å². The van der Waals surface area contributed by atoms with Gasteiger partial charge in [-0.05, 0) is 63.1 Å². The molecule has 0 aliphatic carbocycles. The topological polar surface area (TPSA) is 85.1 Å². The van der Waals surface area contributed by atoms with E-state index in [0.29, 0.717) is 16.9 Å². The smallest absolute Gasteiger partial charge is 0.349 e. The van der Waals surface area contributed by atoms with Crippen molar-refractivity contribution in [2.75, 3.05) is 5.32 Å². The Morgan fingerprint density at radius 1 is 1.27 bits per heavy atom. The second kappa shape index (κ2) is 10.5. The number of imidazole rings is 1. The van der Waals surface area contributed by atoms with Crippen LogP contribution in [0.2, 0.25) is 0 Å². The van der Waals surface area contributed by atoms with Gasteiger partial charge in [0, 0.05) is 34.7 Å². The Hall–Kier alpha value is -3.93. The van der Waals surface area contributed by atoms with Crippen molar-refractivity contribution in [3.05, 3.63) is 92.1 Å². The Morgan fingerprint density at radius 2 is 2.00 bits per heavy atom. The zero-order chi connectivity index (χ0) is 29.8. The lowest BCUT2D eigenvalue weighted by Gasteiger charge is -2.35. The van der Waals surface area contributed by atoms with Crippen molar-refractivity contribution in [3.63, 3.8) is 0 Å². The average molecular weight is 629 g/mol. The highest BCUT2D eigenvalue weighted by Crippen LogP contribution is 2.36. The maximum Gasteiger partial charge on any atom is 0.417 e. The number of nitrogens with zero attached hydrogens (tertiary/aromatic N) is 5. The lowest BCUT2D eigenvalue weighted by molar-refractivity contribution is -0.138. The van der Waals surface area contributed by atoms with Gasteiger partial charge in [-0.2, -0.15) is 13.2 Å². The molecule has 0 bridgehead atoms. The number of carbonyl (C=O) groups excluding carboxylic acids is 1. The fourth-order valence-corrected chi connectivity index (χ4v) is 5.68. The van der Waals surface area contributed by atoms with Crippen molar-refractivity contribution >= 4 is 38.8 Å². The van der Waals surface area contributed by atoms with E-state index in [-0.39, 0.29) is 40.6 Å². The Labute approximate surface area is 242 Å². The van der Waals surface area contributed by atoms with Crippen molar-refractivity contribution in [2.45, 2.75) is 52.0 Å². The van der Waals surface area contributed by atoms with Gasteiger partial charge >= 0.3 is 6.18 Å². The maximum absolute atomic E-state index is 14.0. The second-order valence-electron chi connectivity index (χ2n) is 10.3. The first-order valence-electron chi connectivity index (χ1n) is 12.9. The molecule has 41 heavy (non-hydrogen) atoms. The van der Waals surface area contributed by atoms with Crippen LogP contribution in [0.3, 0.4) is 0 Å². The molecular weight excluding hydrogens is 601 g/mol. The minimum absolute atomic E-state index is 0.0295. The van der Waals surface area contributed by atoms with Crippen LogP contribution in [0, 0.1) is 6.92 Å². The third-order valence-corrected chi connectivity index (χ3v) is 8.04. The van der Waals surface area contributed by atoms with Gasteiger partial charge < -0.3 is 14.8 Å². The van der Waals surface area contributed by atoms with E-state index in [9.17, 15) is 22.8 Å². The van der Waals surface area contributed by atoms with E-state index in [4.69, 9.17) is 4.98 Å². The summed E-state index contributed by atoms with van der Waals surface area (Å²) in [6.07, 6.45) is -1.05. The van der Waals surface area contributed by atoms with Crippen molar-refractivity contribution < 1.29 is 18.0 Å². The maximum atomic E-state index is 14.0. The van der Waals surface area contributed by atoms with Gasteiger partial charge in [0.2, 0.25) is 5.95 Å². The van der Waals surface area contributed by atoms with Gasteiger partial charge in [-0.3, -0.25) is 9.59 Å². The molecule has 1 aliphatic rings. The number of anilines is 1. The number of nitrogens with one attached hydrogen (secondary N) is 1. The molecule has 0 fully saturated rings. The summed E-state index contributed by atoms with van der Waals surface area (Å²) in [4.78, 5) is 38.2. The van der Waals surface area contributed by atoms with E-state index < -0.39 is 23.7 Å². The molecule has 0 unspecified atom stereocenters. The number of rotatable bonds is 5. The number of halogens is 4. The van der Waals surface area contributed by atoms with Gasteiger partial charge in [0.25, 0.3) is 11.5 Å². The molecular formula is C29H28BrF3N6O2. The molecule has 2 aromatic heterocycles. The number of aromatic nitrogens is 4. The predicted molar refractivity (Wildman–Crippen MR) is 154 cm³/mol. The van der Waals surface area contributed by atoms with Crippen LogP contribution in [0.5, 0.6) is 0 Å². The molecule has 2 aromatic carbocycles. The fraction of sp³-hybridized carbons (Fsp3) is 0.310. The summed E-state index contributed by atoms with van der Waals surface area (Å²) in [7, 11) is 1.90. The Morgan fingerprint density at radius 3 is 2.68 bits per heavy atom. The summed E-state index contributed by atoms with van der Waals surface area (Å²) in [5.41, 5.74) is 2.73. The molecule has 5 rings (SSSR count). The number of fused-ring (bicyclic) bond motifs is 2. The van der Waals surface area contributed by atoms with Gasteiger partial charge in [0.05, 0.1) is 40.9 Å². The molecule has 1 aliphatic heterocycles. The summed E-state index contributed by atoms with van der Waals surface area (Å²) < 4.78 is 43.8. The number of amides is 1. The lowest BCUT2D eigenvalue weighted by Crippen LogP contribution is -2.46. The van der Waals surface area contributed by atoms with E-state index >= 15 is 0 Å². The van der Waals surface area contributed by atoms with Gasteiger partial charge in [-0.1, -0.05) is 22.0 Å². The van der Waals surface area contributed by atoms with Crippen LogP contribution in [-0.2, 0) is 26.2 Å². The third-order valence-electron chi connectivity index (χ3n) is 7.35. The van der Waals surface area contributed by atoms with E-state index in [1.165, 1.54) is 21.6 Å². The van der Waals surface area contributed by atoms with E-state index in [0.717, 1.165) is 22.7 Å². The summed E-state index contributed by atoms with van der Waals surface area (Å²) in [6.45, 7) is 9.36. The predicted octanol–water partition coefficient (Wildman–Crippen LogP) is 5.78. The number of aryl methyl sites for hydroxylation is 2.